The third-order valence-electron chi connectivity index (χ3n) is 3.41. The molecule has 0 spiro atoms. The molecule has 1 aliphatic carbocycles. The Morgan fingerprint density at radius 2 is 2.05 bits per heavy atom. The molecule has 0 fully saturated rings. The number of rotatable bonds is 2. The van der Waals surface area contributed by atoms with E-state index in [1.54, 1.807) is 38.5 Å². The van der Waals surface area contributed by atoms with Crippen LogP contribution in [0.4, 0.5) is 0 Å². The molecule has 0 saturated carbocycles. The highest BCUT2D eigenvalue weighted by Crippen LogP contribution is 2.36. The number of hydrogen-bond acceptors (Lipinski definition) is 4. The zero-order valence-corrected chi connectivity index (χ0v) is 10.8. The number of carbonyl (C=O) groups is 1. The molecule has 1 aliphatic heterocycles. The molecular weight excluding hydrogens is 244 g/mol. The van der Waals surface area contributed by atoms with Crippen molar-refractivity contribution in [1.29, 1.82) is 0 Å². The molecule has 0 radical (unpaired) electrons. The quantitative estimate of drug-likeness (QED) is 0.816. The Kier molecular flexibility index (Phi) is 2.78. The number of fused-ring (bicyclic) bond motifs is 2. The van der Waals surface area contributed by atoms with E-state index in [-0.39, 0.29) is 17.8 Å². The van der Waals surface area contributed by atoms with Crippen LogP contribution in [0.25, 0.3) is 0 Å². The fourth-order valence-corrected chi connectivity index (χ4v) is 2.37. The number of ether oxygens (including phenoxy) is 3. The van der Waals surface area contributed by atoms with Gasteiger partial charge < -0.3 is 14.2 Å². The van der Waals surface area contributed by atoms with Gasteiger partial charge in [-0.05, 0) is 24.3 Å². The zero-order valence-electron chi connectivity index (χ0n) is 10.8. The maximum Gasteiger partial charge on any atom is 0.177 e. The Hall–Kier alpha value is -2.23. The maximum atomic E-state index is 12.4. The van der Waals surface area contributed by atoms with E-state index in [4.69, 9.17) is 14.2 Å². The van der Waals surface area contributed by atoms with Crippen LogP contribution in [0.5, 0.6) is 11.5 Å². The summed E-state index contributed by atoms with van der Waals surface area (Å²) in [6, 6.07) is 5.25. The van der Waals surface area contributed by atoms with Crippen LogP contribution >= 0.6 is 0 Å². The molecule has 98 valence electrons. The highest BCUT2D eigenvalue weighted by Gasteiger charge is 2.36. The molecule has 1 aromatic carbocycles. The molecule has 0 bridgehead atoms. The Labute approximate surface area is 111 Å². The van der Waals surface area contributed by atoms with Crippen LogP contribution in [-0.4, -0.2) is 26.1 Å². The number of allylic oxidation sites excluding steroid dienone is 1. The van der Waals surface area contributed by atoms with E-state index in [2.05, 4.69) is 0 Å². The van der Waals surface area contributed by atoms with Gasteiger partial charge in [0.2, 0.25) is 0 Å². The van der Waals surface area contributed by atoms with Crippen LogP contribution in [0.2, 0.25) is 0 Å². The van der Waals surface area contributed by atoms with Gasteiger partial charge in [-0.1, -0.05) is 6.08 Å². The first-order chi connectivity index (χ1) is 9.22. The molecule has 2 unspecified atom stereocenters. The van der Waals surface area contributed by atoms with E-state index < -0.39 is 0 Å². The van der Waals surface area contributed by atoms with Gasteiger partial charge in [0, 0.05) is 6.07 Å². The lowest BCUT2D eigenvalue weighted by Crippen LogP contribution is -2.36. The molecule has 4 heteroatoms. The summed E-state index contributed by atoms with van der Waals surface area (Å²) in [5.41, 5.74) is 0.598. The Balaban J connectivity index is 2.01. The third kappa shape index (κ3) is 1.89. The Bertz CT molecular complexity index is 586. The van der Waals surface area contributed by atoms with Gasteiger partial charge in [0.05, 0.1) is 25.7 Å². The van der Waals surface area contributed by atoms with Crippen molar-refractivity contribution in [2.24, 2.45) is 5.92 Å². The predicted octanol–water partition coefficient (Wildman–Crippen LogP) is 2.36. The zero-order chi connectivity index (χ0) is 13.4. The molecule has 0 amide bonds. The van der Waals surface area contributed by atoms with E-state index >= 15 is 0 Å². The number of ketones is 1. The molecule has 19 heavy (non-hydrogen) atoms. The number of benzene rings is 1. The van der Waals surface area contributed by atoms with E-state index in [0.717, 1.165) is 0 Å². The summed E-state index contributed by atoms with van der Waals surface area (Å²) in [7, 11) is 3.18. The number of hydrogen-bond donors (Lipinski definition) is 0. The monoisotopic (exact) mass is 258 g/mol. The fourth-order valence-electron chi connectivity index (χ4n) is 2.37. The van der Waals surface area contributed by atoms with Crippen LogP contribution in [-0.2, 0) is 4.74 Å². The average Bonchev–Trinajstić information content (AvgIpc) is 2.46. The molecular formula is C15H14O4. The van der Waals surface area contributed by atoms with Crippen molar-refractivity contribution in [2.45, 2.75) is 6.10 Å². The first-order valence-corrected chi connectivity index (χ1v) is 6.06. The second kappa shape index (κ2) is 4.46. The van der Waals surface area contributed by atoms with Crippen molar-refractivity contribution >= 4 is 5.78 Å². The lowest BCUT2D eigenvalue weighted by molar-refractivity contribution is 0.0798. The normalized spacial score (nSPS) is 23.9. The van der Waals surface area contributed by atoms with Gasteiger partial charge in [0.15, 0.2) is 5.78 Å². The lowest BCUT2D eigenvalue weighted by atomic mass is 9.86. The molecule has 1 heterocycles. The van der Waals surface area contributed by atoms with E-state index in [0.29, 0.717) is 22.8 Å². The summed E-state index contributed by atoms with van der Waals surface area (Å²) in [6.07, 6.45) is 5.15. The topological polar surface area (TPSA) is 44.8 Å². The molecule has 3 rings (SSSR count). The minimum atomic E-state index is -0.313. The average molecular weight is 258 g/mol. The highest BCUT2D eigenvalue weighted by molar-refractivity contribution is 6.03. The van der Waals surface area contributed by atoms with Crippen molar-refractivity contribution < 1.29 is 19.0 Å². The van der Waals surface area contributed by atoms with Crippen molar-refractivity contribution in [3.8, 4) is 11.5 Å². The van der Waals surface area contributed by atoms with Gasteiger partial charge in [-0.2, -0.15) is 0 Å². The predicted molar refractivity (Wildman–Crippen MR) is 69.5 cm³/mol. The summed E-state index contributed by atoms with van der Waals surface area (Å²) >= 11 is 0. The summed E-state index contributed by atoms with van der Waals surface area (Å²) in [5.74, 6) is 1.73. The summed E-state index contributed by atoms with van der Waals surface area (Å²) < 4.78 is 16.2. The van der Waals surface area contributed by atoms with Crippen molar-refractivity contribution in [2.75, 3.05) is 14.2 Å². The van der Waals surface area contributed by atoms with E-state index in [1.807, 2.05) is 12.2 Å². The highest BCUT2D eigenvalue weighted by atomic mass is 16.5. The van der Waals surface area contributed by atoms with Gasteiger partial charge in [0.1, 0.15) is 23.4 Å². The summed E-state index contributed by atoms with van der Waals surface area (Å²) in [6.45, 7) is 0. The van der Waals surface area contributed by atoms with Crippen LogP contribution in [0, 0.1) is 5.92 Å². The minimum absolute atomic E-state index is 0.0663. The second-order valence-electron chi connectivity index (χ2n) is 4.47. The first-order valence-electron chi connectivity index (χ1n) is 6.06. The maximum absolute atomic E-state index is 12.4. The molecule has 2 atom stereocenters. The molecule has 4 nitrogen and oxygen atoms in total. The van der Waals surface area contributed by atoms with Gasteiger partial charge in [0.25, 0.3) is 0 Å². The molecule has 1 aromatic rings. The Morgan fingerprint density at radius 3 is 2.79 bits per heavy atom. The number of methoxy groups -OCH3 is 2. The summed E-state index contributed by atoms with van der Waals surface area (Å²) in [4.78, 5) is 12.4. The third-order valence-corrected chi connectivity index (χ3v) is 3.41. The lowest BCUT2D eigenvalue weighted by Gasteiger charge is -2.31. The number of Topliss-reactive ketones (excluding diaryl/α,β-unsaturated/α-hetero) is 1. The van der Waals surface area contributed by atoms with Crippen LogP contribution in [0.1, 0.15) is 10.4 Å². The Morgan fingerprint density at radius 1 is 1.21 bits per heavy atom. The second-order valence-corrected chi connectivity index (χ2v) is 4.47. The smallest absolute Gasteiger partial charge is 0.177 e. The molecule has 0 saturated heterocycles. The number of carbonyl (C=O) groups excluding carboxylic acids is 1. The van der Waals surface area contributed by atoms with E-state index in [9.17, 15) is 4.79 Å². The minimum Gasteiger partial charge on any atom is -0.497 e. The van der Waals surface area contributed by atoms with Gasteiger partial charge in [-0.15, -0.1) is 0 Å². The van der Waals surface area contributed by atoms with Gasteiger partial charge in [-0.25, -0.2) is 0 Å². The standard InChI is InChI=1S/C15H14O4/c1-17-9-3-5-11-13(7-9)19-14-8-10(18-2)4-6-12(14)15(11)16/h3-8,11,13H,1-2H3. The van der Waals surface area contributed by atoms with Crippen LogP contribution in [0.15, 0.2) is 42.2 Å². The first kappa shape index (κ1) is 11.8. The van der Waals surface area contributed by atoms with Crippen molar-refractivity contribution in [1.82, 2.24) is 0 Å². The van der Waals surface area contributed by atoms with Gasteiger partial charge in [-0.3, -0.25) is 4.79 Å². The van der Waals surface area contributed by atoms with E-state index in [1.165, 1.54) is 0 Å². The van der Waals surface area contributed by atoms with Crippen molar-refractivity contribution in [3.05, 3.63) is 47.7 Å². The summed E-state index contributed by atoms with van der Waals surface area (Å²) in [5, 5.41) is 0. The van der Waals surface area contributed by atoms with Crippen LogP contribution < -0.4 is 9.47 Å². The van der Waals surface area contributed by atoms with Crippen LogP contribution in [0.3, 0.4) is 0 Å². The molecule has 2 aliphatic rings. The molecule has 0 aromatic heterocycles. The van der Waals surface area contributed by atoms with Crippen molar-refractivity contribution in [3.63, 3.8) is 0 Å². The largest absolute Gasteiger partial charge is 0.497 e. The van der Waals surface area contributed by atoms with Gasteiger partial charge >= 0.3 is 0 Å². The fraction of sp³-hybridized carbons (Fsp3) is 0.267. The SMILES string of the molecule is COC1=CC2Oc3cc(OC)ccc3C(=O)C2C=C1. The molecule has 0 N–H and O–H groups in total.